The molecule has 0 aliphatic carbocycles. The van der Waals surface area contributed by atoms with Crippen LogP contribution >= 0.6 is 11.8 Å². The highest BCUT2D eigenvalue weighted by Crippen LogP contribution is 2.20. The van der Waals surface area contributed by atoms with Crippen molar-refractivity contribution in [1.82, 2.24) is 4.98 Å². The van der Waals surface area contributed by atoms with Gasteiger partial charge in [-0.25, -0.2) is 0 Å². The van der Waals surface area contributed by atoms with Crippen molar-refractivity contribution < 1.29 is 4.74 Å². The zero-order valence-electron chi connectivity index (χ0n) is 11.7. The summed E-state index contributed by atoms with van der Waals surface area (Å²) in [6.45, 7) is 0.729. The molecule has 0 fully saturated rings. The van der Waals surface area contributed by atoms with E-state index in [1.54, 1.807) is 0 Å². The summed E-state index contributed by atoms with van der Waals surface area (Å²) in [5.41, 5.74) is 2.40. The van der Waals surface area contributed by atoms with Crippen molar-refractivity contribution in [3.8, 4) is 5.75 Å². The highest BCUT2D eigenvalue weighted by molar-refractivity contribution is 7.98. The lowest BCUT2D eigenvalue weighted by molar-refractivity contribution is 0.344. The van der Waals surface area contributed by atoms with Crippen LogP contribution in [0.1, 0.15) is 5.56 Å². The van der Waals surface area contributed by atoms with Crippen LogP contribution in [0.2, 0.25) is 0 Å². The van der Waals surface area contributed by atoms with Crippen LogP contribution in [-0.2, 0) is 5.75 Å². The molecular weight excluding hydrogens is 278 g/mol. The Hall–Kier alpha value is -2.00. The van der Waals surface area contributed by atoms with E-state index < -0.39 is 0 Å². The second-order valence-electron chi connectivity index (χ2n) is 4.71. The molecule has 0 saturated heterocycles. The summed E-state index contributed by atoms with van der Waals surface area (Å²) in [5.74, 6) is 2.87. The Morgan fingerprint density at radius 2 is 1.76 bits per heavy atom. The molecule has 0 atom stereocenters. The van der Waals surface area contributed by atoms with Crippen LogP contribution < -0.4 is 4.74 Å². The maximum absolute atomic E-state index is 5.69. The molecule has 0 amide bonds. The topological polar surface area (TPSA) is 22.1 Å². The van der Waals surface area contributed by atoms with Crippen LogP contribution in [0.4, 0.5) is 0 Å². The van der Waals surface area contributed by atoms with E-state index in [0.29, 0.717) is 0 Å². The molecule has 1 heterocycles. The predicted octanol–water partition coefficient (Wildman–Crippen LogP) is 4.55. The van der Waals surface area contributed by atoms with Crippen LogP contribution in [0.15, 0.2) is 66.9 Å². The molecule has 1 aromatic heterocycles. The van der Waals surface area contributed by atoms with Gasteiger partial charge in [-0.15, -0.1) is 0 Å². The summed E-state index contributed by atoms with van der Waals surface area (Å²) < 4.78 is 5.69. The standard InChI is InChI=1S/C18H17NOS/c1-2-9-17(10-3-1)20-12-13-21-14-16-7-4-6-15-8-5-11-19-18(15)16/h1-11H,12-14H2. The van der Waals surface area contributed by atoms with Crippen molar-refractivity contribution in [2.45, 2.75) is 5.75 Å². The van der Waals surface area contributed by atoms with Crippen LogP contribution in [0.25, 0.3) is 10.9 Å². The van der Waals surface area contributed by atoms with Crippen molar-refractivity contribution in [3.63, 3.8) is 0 Å². The molecular formula is C18H17NOS. The number of ether oxygens (including phenoxy) is 1. The van der Waals surface area contributed by atoms with Gasteiger partial charge in [0.15, 0.2) is 0 Å². The van der Waals surface area contributed by atoms with Gasteiger partial charge in [0.05, 0.1) is 12.1 Å². The highest BCUT2D eigenvalue weighted by atomic mass is 32.2. The van der Waals surface area contributed by atoms with E-state index in [0.717, 1.165) is 29.4 Å². The molecule has 3 aromatic rings. The zero-order chi connectivity index (χ0) is 14.3. The Morgan fingerprint density at radius 3 is 2.67 bits per heavy atom. The molecule has 0 spiro atoms. The van der Waals surface area contributed by atoms with Gasteiger partial charge in [0.25, 0.3) is 0 Å². The van der Waals surface area contributed by atoms with Crippen LogP contribution in [0, 0.1) is 0 Å². The SMILES string of the molecule is c1ccc(OCCSCc2cccc3cccnc23)cc1. The number of nitrogens with zero attached hydrogens (tertiary/aromatic N) is 1. The first-order valence-electron chi connectivity index (χ1n) is 7.02. The Labute approximate surface area is 129 Å². The molecule has 106 valence electrons. The molecule has 2 aromatic carbocycles. The zero-order valence-corrected chi connectivity index (χ0v) is 12.6. The average molecular weight is 295 g/mol. The average Bonchev–Trinajstić information content (AvgIpc) is 2.56. The minimum absolute atomic E-state index is 0.729. The molecule has 21 heavy (non-hydrogen) atoms. The van der Waals surface area contributed by atoms with E-state index >= 15 is 0 Å². The lowest BCUT2D eigenvalue weighted by atomic mass is 10.1. The van der Waals surface area contributed by atoms with Gasteiger partial charge in [0.2, 0.25) is 0 Å². The summed E-state index contributed by atoms with van der Waals surface area (Å²) in [6, 6.07) is 20.4. The minimum atomic E-state index is 0.729. The number of hydrogen-bond donors (Lipinski definition) is 0. The van der Waals surface area contributed by atoms with Gasteiger partial charge in [0.1, 0.15) is 5.75 Å². The Balaban J connectivity index is 1.51. The van der Waals surface area contributed by atoms with E-state index in [1.165, 1.54) is 10.9 Å². The van der Waals surface area contributed by atoms with Gasteiger partial charge in [-0.1, -0.05) is 42.5 Å². The molecule has 2 nitrogen and oxygen atoms in total. The van der Waals surface area contributed by atoms with Gasteiger partial charge in [-0.05, 0) is 23.8 Å². The molecule has 0 aliphatic rings. The molecule has 3 rings (SSSR count). The predicted molar refractivity (Wildman–Crippen MR) is 89.8 cm³/mol. The Morgan fingerprint density at radius 1 is 0.905 bits per heavy atom. The molecule has 0 saturated carbocycles. The van der Waals surface area contributed by atoms with Crippen molar-refractivity contribution in [3.05, 3.63) is 72.4 Å². The fourth-order valence-corrected chi connectivity index (χ4v) is 3.00. The first kappa shape index (κ1) is 14.0. The number of fused-ring (bicyclic) bond motifs is 1. The number of aromatic nitrogens is 1. The van der Waals surface area contributed by atoms with E-state index in [4.69, 9.17) is 4.74 Å². The number of para-hydroxylation sites is 2. The summed E-state index contributed by atoms with van der Waals surface area (Å²) in [7, 11) is 0. The molecule has 0 bridgehead atoms. The maximum atomic E-state index is 5.69. The van der Waals surface area contributed by atoms with Gasteiger partial charge < -0.3 is 4.74 Å². The third-order valence-corrected chi connectivity index (χ3v) is 4.18. The number of pyridine rings is 1. The normalized spacial score (nSPS) is 10.7. The van der Waals surface area contributed by atoms with E-state index in [1.807, 2.05) is 54.4 Å². The largest absolute Gasteiger partial charge is 0.493 e. The van der Waals surface area contributed by atoms with Crippen LogP contribution in [0.5, 0.6) is 5.75 Å². The lowest BCUT2D eigenvalue weighted by Crippen LogP contribution is -2.00. The maximum Gasteiger partial charge on any atom is 0.119 e. The van der Waals surface area contributed by atoms with Crippen molar-refractivity contribution in [2.24, 2.45) is 0 Å². The third kappa shape index (κ3) is 3.76. The van der Waals surface area contributed by atoms with Crippen LogP contribution in [0.3, 0.4) is 0 Å². The summed E-state index contributed by atoms with van der Waals surface area (Å²) in [5, 5.41) is 1.20. The van der Waals surface area contributed by atoms with Gasteiger partial charge in [0, 0.05) is 23.1 Å². The van der Waals surface area contributed by atoms with Crippen molar-refractivity contribution in [1.29, 1.82) is 0 Å². The molecule has 0 N–H and O–H groups in total. The quantitative estimate of drug-likeness (QED) is 0.623. The Kier molecular flexibility index (Phi) is 4.74. The van der Waals surface area contributed by atoms with Gasteiger partial charge in [-0.2, -0.15) is 11.8 Å². The summed E-state index contributed by atoms with van der Waals surface area (Å²) >= 11 is 1.88. The van der Waals surface area contributed by atoms with Crippen LogP contribution in [-0.4, -0.2) is 17.3 Å². The smallest absolute Gasteiger partial charge is 0.119 e. The van der Waals surface area contributed by atoms with Crippen molar-refractivity contribution >= 4 is 22.7 Å². The Bertz CT molecular complexity index is 694. The molecule has 0 unspecified atom stereocenters. The second-order valence-corrected chi connectivity index (χ2v) is 5.81. The number of hydrogen-bond acceptors (Lipinski definition) is 3. The van der Waals surface area contributed by atoms with E-state index in [2.05, 4.69) is 29.2 Å². The number of thioether (sulfide) groups is 1. The van der Waals surface area contributed by atoms with Crippen molar-refractivity contribution in [2.75, 3.05) is 12.4 Å². The minimum Gasteiger partial charge on any atom is -0.493 e. The first-order valence-corrected chi connectivity index (χ1v) is 8.17. The van der Waals surface area contributed by atoms with Gasteiger partial charge >= 0.3 is 0 Å². The van der Waals surface area contributed by atoms with E-state index in [-0.39, 0.29) is 0 Å². The number of rotatable bonds is 6. The fourth-order valence-electron chi connectivity index (χ4n) is 2.20. The lowest BCUT2D eigenvalue weighted by Gasteiger charge is -2.07. The summed E-state index contributed by atoms with van der Waals surface area (Å²) in [6.07, 6.45) is 1.86. The van der Waals surface area contributed by atoms with E-state index in [9.17, 15) is 0 Å². The molecule has 3 heteroatoms. The first-order chi connectivity index (χ1) is 10.4. The summed E-state index contributed by atoms with van der Waals surface area (Å²) in [4.78, 5) is 4.48. The fraction of sp³-hybridized carbons (Fsp3) is 0.167. The third-order valence-electron chi connectivity index (χ3n) is 3.21. The number of benzene rings is 2. The van der Waals surface area contributed by atoms with Gasteiger partial charge in [-0.3, -0.25) is 4.98 Å². The highest BCUT2D eigenvalue weighted by Gasteiger charge is 2.01. The molecule has 0 radical (unpaired) electrons. The molecule has 0 aliphatic heterocycles. The monoisotopic (exact) mass is 295 g/mol. The second kappa shape index (κ2) is 7.14.